The maximum Gasteiger partial charge on any atom is 0.225 e. The van der Waals surface area contributed by atoms with Crippen molar-refractivity contribution in [3.8, 4) is 5.69 Å². The number of carbonyl (C=O) groups is 1. The van der Waals surface area contributed by atoms with Crippen molar-refractivity contribution < 1.29 is 4.79 Å². The number of carbonyl (C=O) groups excluding carboxylic acids is 1. The first kappa shape index (κ1) is 18.1. The molecular formula is C22H26N6O. The number of fused-ring (bicyclic) bond motifs is 1. The molecule has 29 heavy (non-hydrogen) atoms. The first-order valence-electron chi connectivity index (χ1n) is 10.4. The van der Waals surface area contributed by atoms with Crippen molar-refractivity contribution in [3.05, 3.63) is 41.3 Å². The summed E-state index contributed by atoms with van der Waals surface area (Å²) in [5.74, 6) is 2.28. The lowest BCUT2D eigenvalue weighted by atomic mass is 10.2. The van der Waals surface area contributed by atoms with Gasteiger partial charge >= 0.3 is 0 Å². The maximum atomic E-state index is 12.4. The van der Waals surface area contributed by atoms with Gasteiger partial charge in [0, 0.05) is 32.1 Å². The Morgan fingerprint density at radius 3 is 2.48 bits per heavy atom. The molecule has 3 aromatic rings. The van der Waals surface area contributed by atoms with E-state index >= 15 is 0 Å². The Labute approximate surface area is 170 Å². The number of hydrogen-bond donors (Lipinski definition) is 0. The van der Waals surface area contributed by atoms with Gasteiger partial charge in [-0.2, -0.15) is 5.10 Å². The molecule has 150 valence electrons. The fraction of sp³-hybridized carbons (Fsp3) is 0.455. The van der Waals surface area contributed by atoms with Crippen molar-refractivity contribution in [1.82, 2.24) is 24.6 Å². The van der Waals surface area contributed by atoms with E-state index in [4.69, 9.17) is 15.1 Å². The molecule has 0 N–H and O–H groups in total. The zero-order valence-corrected chi connectivity index (χ0v) is 17.2. The summed E-state index contributed by atoms with van der Waals surface area (Å²) in [6.07, 6.45) is 2.12. The number of anilines is 1. The number of rotatable bonds is 3. The van der Waals surface area contributed by atoms with Gasteiger partial charge in [-0.15, -0.1) is 0 Å². The van der Waals surface area contributed by atoms with Crippen LogP contribution in [0.4, 0.5) is 5.82 Å². The van der Waals surface area contributed by atoms with Crippen LogP contribution in [0.5, 0.6) is 0 Å². The zero-order valence-electron chi connectivity index (χ0n) is 17.2. The highest BCUT2D eigenvalue weighted by Gasteiger charge is 2.35. The van der Waals surface area contributed by atoms with E-state index in [2.05, 4.69) is 30.0 Å². The van der Waals surface area contributed by atoms with E-state index in [0.29, 0.717) is 5.91 Å². The summed E-state index contributed by atoms with van der Waals surface area (Å²) in [5, 5.41) is 5.79. The molecule has 0 bridgehead atoms. The van der Waals surface area contributed by atoms with E-state index in [1.54, 1.807) is 0 Å². The number of amides is 1. The van der Waals surface area contributed by atoms with Gasteiger partial charge in [0.25, 0.3) is 0 Å². The van der Waals surface area contributed by atoms with E-state index in [0.717, 1.165) is 73.1 Å². The van der Waals surface area contributed by atoms with Crippen molar-refractivity contribution in [2.24, 2.45) is 5.92 Å². The summed E-state index contributed by atoms with van der Waals surface area (Å²) < 4.78 is 1.92. The van der Waals surface area contributed by atoms with Crippen LogP contribution < -0.4 is 4.90 Å². The minimum atomic E-state index is 0.282. The van der Waals surface area contributed by atoms with Crippen molar-refractivity contribution in [1.29, 1.82) is 0 Å². The topological polar surface area (TPSA) is 67.2 Å². The first-order chi connectivity index (χ1) is 14.0. The second-order valence-electron chi connectivity index (χ2n) is 8.22. The molecule has 2 aliphatic rings. The predicted octanol–water partition coefficient (Wildman–Crippen LogP) is 2.80. The highest BCUT2D eigenvalue weighted by atomic mass is 16.2. The molecule has 2 fully saturated rings. The van der Waals surface area contributed by atoms with Gasteiger partial charge in [-0.1, -0.05) is 12.1 Å². The SMILES string of the molecule is Cc1cccc(-n2nc(C)c3c(N4CCN(C(=O)C5CC5)CC4)nc(C)nc32)c1. The Kier molecular flexibility index (Phi) is 4.26. The van der Waals surface area contributed by atoms with E-state index < -0.39 is 0 Å². The van der Waals surface area contributed by atoms with E-state index in [-0.39, 0.29) is 5.92 Å². The third kappa shape index (κ3) is 3.24. The molecule has 1 aromatic carbocycles. The van der Waals surface area contributed by atoms with E-state index in [1.165, 1.54) is 5.56 Å². The van der Waals surface area contributed by atoms with Crippen LogP contribution in [0.2, 0.25) is 0 Å². The number of hydrogen-bond acceptors (Lipinski definition) is 5. The van der Waals surface area contributed by atoms with Gasteiger partial charge in [-0.3, -0.25) is 4.79 Å². The normalized spacial score (nSPS) is 17.2. The molecule has 3 heterocycles. The average molecular weight is 390 g/mol. The average Bonchev–Trinajstić information content (AvgIpc) is 3.51. The summed E-state index contributed by atoms with van der Waals surface area (Å²) >= 11 is 0. The molecule has 5 rings (SSSR count). The van der Waals surface area contributed by atoms with Crippen LogP contribution in [0.25, 0.3) is 16.7 Å². The summed E-state index contributed by atoms with van der Waals surface area (Å²) in [5.41, 5.74) is 3.96. The molecule has 1 saturated carbocycles. The second-order valence-corrected chi connectivity index (χ2v) is 8.22. The Hall–Kier alpha value is -2.96. The van der Waals surface area contributed by atoms with Crippen LogP contribution in [-0.4, -0.2) is 56.7 Å². The highest BCUT2D eigenvalue weighted by molar-refractivity contribution is 5.91. The van der Waals surface area contributed by atoms with Crippen LogP contribution in [-0.2, 0) is 4.79 Å². The maximum absolute atomic E-state index is 12.4. The smallest absolute Gasteiger partial charge is 0.225 e. The minimum absolute atomic E-state index is 0.282. The van der Waals surface area contributed by atoms with Gasteiger partial charge in [0.2, 0.25) is 5.91 Å². The molecule has 2 aromatic heterocycles. The largest absolute Gasteiger partial charge is 0.352 e. The first-order valence-corrected chi connectivity index (χ1v) is 10.4. The van der Waals surface area contributed by atoms with Crippen LogP contribution in [0, 0.1) is 26.7 Å². The second kappa shape index (κ2) is 6.83. The lowest BCUT2D eigenvalue weighted by Crippen LogP contribution is -2.49. The number of aryl methyl sites for hydroxylation is 3. The zero-order chi connectivity index (χ0) is 20.1. The molecule has 1 aliphatic carbocycles. The fourth-order valence-corrected chi connectivity index (χ4v) is 4.16. The van der Waals surface area contributed by atoms with Crippen LogP contribution in [0.15, 0.2) is 24.3 Å². The molecule has 7 heteroatoms. The molecule has 7 nitrogen and oxygen atoms in total. The van der Waals surface area contributed by atoms with Crippen LogP contribution in [0.1, 0.15) is 29.9 Å². The molecule has 1 amide bonds. The van der Waals surface area contributed by atoms with Gasteiger partial charge in [-0.25, -0.2) is 14.6 Å². The van der Waals surface area contributed by atoms with Crippen LogP contribution >= 0.6 is 0 Å². The molecule has 0 radical (unpaired) electrons. The monoisotopic (exact) mass is 390 g/mol. The number of aromatic nitrogens is 4. The molecular weight excluding hydrogens is 364 g/mol. The van der Waals surface area contributed by atoms with Crippen LogP contribution in [0.3, 0.4) is 0 Å². The molecule has 1 saturated heterocycles. The Balaban J connectivity index is 1.51. The minimum Gasteiger partial charge on any atom is -0.352 e. The Morgan fingerprint density at radius 2 is 1.79 bits per heavy atom. The predicted molar refractivity (Wildman–Crippen MR) is 112 cm³/mol. The summed E-state index contributed by atoms with van der Waals surface area (Å²) in [6, 6.07) is 8.29. The lowest BCUT2D eigenvalue weighted by Gasteiger charge is -2.35. The third-order valence-corrected chi connectivity index (χ3v) is 5.86. The summed E-state index contributed by atoms with van der Waals surface area (Å²) in [6.45, 7) is 9.12. The molecule has 0 spiro atoms. The molecule has 0 unspecified atom stereocenters. The Bertz CT molecular complexity index is 1090. The number of nitrogens with zero attached hydrogens (tertiary/aromatic N) is 6. The molecule has 1 aliphatic heterocycles. The van der Waals surface area contributed by atoms with Gasteiger partial charge in [0.15, 0.2) is 5.65 Å². The quantitative estimate of drug-likeness (QED) is 0.688. The third-order valence-electron chi connectivity index (χ3n) is 5.86. The standard InChI is InChI=1S/C22H26N6O/c1-14-5-4-6-18(13-14)28-21-19(15(2)25-28)20(23-16(3)24-21)26-9-11-27(12-10-26)22(29)17-7-8-17/h4-6,13,17H,7-12H2,1-3H3. The van der Waals surface area contributed by atoms with Gasteiger partial charge < -0.3 is 9.80 Å². The van der Waals surface area contributed by atoms with E-state index in [9.17, 15) is 4.79 Å². The summed E-state index contributed by atoms with van der Waals surface area (Å²) in [7, 11) is 0. The Morgan fingerprint density at radius 1 is 1.03 bits per heavy atom. The van der Waals surface area contributed by atoms with Crippen molar-refractivity contribution >= 4 is 22.8 Å². The summed E-state index contributed by atoms with van der Waals surface area (Å²) in [4.78, 5) is 26.2. The van der Waals surface area contributed by atoms with Crippen molar-refractivity contribution in [3.63, 3.8) is 0 Å². The van der Waals surface area contributed by atoms with Gasteiger partial charge in [0.05, 0.1) is 16.8 Å². The lowest BCUT2D eigenvalue weighted by molar-refractivity contribution is -0.132. The highest BCUT2D eigenvalue weighted by Crippen LogP contribution is 2.33. The van der Waals surface area contributed by atoms with Gasteiger partial charge in [0.1, 0.15) is 11.6 Å². The number of benzene rings is 1. The fourth-order valence-electron chi connectivity index (χ4n) is 4.16. The van der Waals surface area contributed by atoms with Crippen molar-refractivity contribution in [2.75, 3.05) is 31.1 Å². The van der Waals surface area contributed by atoms with E-state index in [1.807, 2.05) is 29.5 Å². The number of piperazine rings is 1. The molecule has 0 atom stereocenters. The van der Waals surface area contributed by atoms with Crippen molar-refractivity contribution in [2.45, 2.75) is 33.6 Å². The van der Waals surface area contributed by atoms with Gasteiger partial charge in [-0.05, 0) is 51.3 Å².